The molecule has 1 fully saturated rings. The highest BCUT2D eigenvalue weighted by Crippen LogP contribution is 2.47. The molecule has 0 radical (unpaired) electrons. The van der Waals surface area contributed by atoms with Gasteiger partial charge in [-0.2, -0.15) is 0 Å². The minimum absolute atomic E-state index is 0.000200. The summed E-state index contributed by atoms with van der Waals surface area (Å²) >= 11 is 0. The van der Waals surface area contributed by atoms with Gasteiger partial charge in [0.2, 0.25) is 0 Å². The lowest BCUT2D eigenvalue weighted by Gasteiger charge is -2.25. The van der Waals surface area contributed by atoms with E-state index in [1.165, 1.54) is 19.2 Å². The topological polar surface area (TPSA) is 65.7 Å². The van der Waals surface area contributed by atoms with Crippen molar-refractivity contribution < 1.29 is 18.0 Å². The minimum atomic E-state index is -3.20. The molecule has 6 heteroatoms. The maximum Gasteiger partial charge on any atom is 0.376 e. The molecular weight excluding hydrogens is 315 g/mol. The molecular formula is C17H21O5P. The zero-order chi connectivity index (χ0) is 16.4. The van der Waals surface area contributed by atoms with Crippen molar-refractivity contribution in [1.29, 1.82) is 0 Å². The van der Waals surface area contributed by atoms with E-state index < -0.39 is 13.2 Å². The van der Waals surface area contributed by atoms with E-state index in [4.69, 9.17) is 13.5 Å². The lowest BCUT2D eigenvalue weighted by molar-refractivity contribution is 0.140. The highest BCUT2D eigenvalue weighted by molar-refractivity contribution is 7.53. The third kappa shape index (κ3) is 4.04. The number of rotatable bonds is 4. The van der Waals surface area contributed by atoms with Gasteiger partial charge in [0, 0.05) is 24.2 Å². The second-order valence-corrected chi connectivity index (χ2v) is 8.07. The van der Waals surface area contributed by atoms with Gasteiger partial charge in [-0.1, -0.05) is 19.3 Å². The van der Waals surface area contributed by atoms with Crippen molar-refractivity contribution >= 4 is 18.6 Å². The Morgan fingerprint density at radius 3 is 2.65 bits per heavy atom. The zero-order valence-electron chi connectivity index (χ0n) is 13.4. The Balaban J connectivity index is 1.79. The number of benzene rings is 1. The van der Waals surface area contributed by atoms with Crippen molar-refractivity contribution in [3.63, 3.8) is 0 Å². The van der Waals surface area contributed by atoms with Crippen molar-refractivity contribution in [3.8, 4) is 5.75 Å². The van der Waals surface area contributed by atoms with E-state index in [0.29, 0.717) is 11.3 Å². The van der Waals surface area contributed by atoms with Crippen LogP contribution in [0.15, 0.2) is 33.5 Å². The molecule has 1 aliphatic carbocycles. The summed E-state index contributed by atoms with van der Waals surface area (Å²) in [6, 6.07) is 6.54. The zero-order valence-corrected chi connectivity index (χ0v) is 14.3. The number of hydrogen-bond acceptors (Lipinski definition) is 5. The maximum atomic E-state index is 12.6. The van der Waals surface area contributed by atoms with Crippen LogP contribution in [-0.4, -0.2) is 12.8 Å². The molecule has 23 heavy (non-hydrogen) atoms. The van der Waals surface area contributed by atoms with Crippen LogP contribution in [0.25, 0.3) is 11.0 Å². The average molecular weight is 336 g/mol. The molecule has 1 aromatic carbocycles. The van der Waals surface area contributed by atoms with Gasteiger partial charge >= 0.3 is 13.2 Å². The van der Waals surface area contributed by atoms with Crippen molar-refractivity contribution in [3.05, 3.63) is 40.2 Å². The highest BCUT2D eigenvalue weighted by Gasteiger charge is 2.26. The summed E-state index contributed by atoms with van der Waals surface area (Å²) in [7, 11) is -3.20. The lowest BCUT2D eigenvalue weighted by Crippen LogP contribution is -2.16. The van der Waals surface area contributed by atoms with Crippen molar-refractivity contribution in [2.24, 2.45) is 0 Å². The summed E-state index contributed by atoms with van der Waals surface area (Å²) < 4.78 is 29.0. The largest absolute Gasteiger partial charge is 0.424 e. The van der Waals surface area contributed by atoms with Crippen LogP contribution in [0.3, 0.4) is 0 Å². The Morgan fingerprint density at radius 1 is 1.17 bits per heavy atom. The first-order valence-electron chi connectivity index (χ1n) is 7.93. The van der Waals surface area contributed by atoms with Crippen molar-refractivity contribution in [2.45, 2.75) is 45.1 Å². The molecule has 0 amide bonds. The molecule has 2 aromatic rings. The van der Waals surface area contributed by atoms with Crippen LogP contribution in [0.1, 0.15) is 37.7 Å². The van der Waals surface area contributed by atoms with E-state index in [1.54, 1.807) is 18.2 Å². The SMILES string of the molecule is Cc1cc(=O)oc2cc(OP(C)(=O)OC3CCCCC3)ccc12. The summed E-state index contributed by atoms with van der Waals surface area (Å²) in [6.45, 7) is 3.33. The molecule has 0 spiro atoms. The maximum absolute atomic E-state index is 12.6. The molecule has 1 aliphatic rings. The molecule has 1 atom stereocenters. The van der Waals surface area contributed by atoms with E-state index in [9.17, 15) is 9.36 Å². The molecule has 5 nitrogen and oxygen atoms in total. The fourth-order valence-electron chi connectivity index (χ4n) is 3.02. The van der Waals surface area contributed by atoms with E-state index in [-0.39, 0.29) is 6.10 Å². The van der Waals surface area contributed by atoms with Gasteiger partial charge in [0.1, 0.15) is 11.3 Å². The first kappa shape index (κ1) is 16.3. The normalized spacial score (nSPS) is 18.7. The molecule has 0 saturated heterocycles. The summed E-state index contributed by atoms with van der Waals surface area (Å²) in [5.74, 6) is 0.382. The summed E-state index contributed by atoms with van der Waals surface area (Å²) in [5, 5.41) is 0.830. The second-order valence-electron chi connectivity index (χ2n) is 6.13. The van der Waals surface area contributed by atoms with Crippen LogP contribution in [0.5, 0.6) is 5.75 Å². The first-order valence-corrected chi connectivity index (χ1v) is 9.92. The summed E-state index contributed by atoms with van der Waals surface area (Å²) in [6.07, 6.45) is 5.26. The Hall–Kier alpha value is -1.58. The number of aryl methyl sites for hydroxylation is 1. The number of hydrogen-bond donors (Lipinski definition) is 0. The summed E-state index contributed by atoms with van der Waals surface area (Å²) in [4.78, 5) is 11.5. The van der Waals surface area contributed by atoms with Gasteiger partial charge in [0.05, 0.1) is 6.10 Å². The van der Waals surface area contributed by atoms with Gasteiger partial charge in [0.25, 0.3) is 0 Å². The quantitative estimate of drug-likeness (QED) is 0.600. The third-order valence-corrected chi connectivity index (χ3v) is 5.31. The van der Waals surface area contributed by atoms with Gasteiger partial charge in [-0.25, -0.2) is 9.36 Å². The minimum Gasteiger partial charge on any atom is -0.424 e. The third-order valence-electron chi connectivity index (χ3n) is 4.09. The second kappa shape index (κ2) is 6.50. The van der Waals surface area contributed by atoms with E-state index in [1.807, 2.05) is 6.92 Å². The van der Waals surface area contributed by atoms with Gasteiger partial charge in [-0.15, -0.1) is 0 Å². The molecule has 0 bridgehead atoms. The van der Waals surface area contributed by atoms with E-state index in [2.05, 4.69) is 0 Å². The summed E-state index contributed by atoms with van der Waals surface area (Å²) in [5.41, 5.74) is 0.844. The first-order chi connectivity index (χ1) is 10.9. The molecule has 1 unspecified atom stereocenters. The Bertz CT molecular complexity index is 804. The fourth-order valence-corrected chi connectivity index (χ4v) is 4.31. The van der Waals surface area contributed by atoms with E-state index >= 15 is 0 Å². The van der Waals surface area contributed by atoms with Crippen LogP contribution < -0.4 is 10.1 Å². The molecule has 124 valence electrons. The van der Waals surface area contributed by atoms with Crippen LogP contribution in [0.4, 0.5) is 0 Å². The predicted molar refractivity (Wildman–Crippen MR) is 89.3 cm³/mol. The number of fused-ring (bicyclic) bond motifs is 1. The van der Waals surface area contributed by atoms with Gasteiger partial charge < -0.3 is 8.94 Å². The van der Waals surface area contributed by atoms with Gasteiger partial charge in [-0.3, -0.25) is 4.52 Å². The fraction of sp³-hybridized carbons (Fsp3) is 0.471. The average Bonchev–Trinajstić information content (AvgIpc) is 2.46. The highest BCUT2D eigenvalue weighted by atomic mass is 31.2. The molecule has 0 aliphatic heterocycles. The van der Waals surface area contributed by atoms with Gasteiger partial charge in [-0.05, 0) is 37.5 Å². The Morgan fingerprint density at radius 2 is 1.91 bits per heavy atom. The van der Waals surface area contributed by atoms with Crippen LogP contribution in [-0.2, 0) is 9.09 Å². The monoisotopic (exact) mass is 336 g/mol. The standard InChI is InChI=1S/C17H21O5P/c1-12-10-17(18)20-16-11-14(8-9-15(12)16)22-23(2,19)21-13-6-4-3-5-7-13/h8-11,13H,3-7H2,1-2H3. The molecule has 3 rings (SSSR count). The molecule has 0 N–H and O–H groups in total. The Kier molecular flexibility index (Phi) is 4.60. The van der Waals surface area contributed by atoms with Crippen molar-refractivity contribution in [2.75, 3.05) is 6.66 Å². The molecule has 1 heterocycles. The van der Waals surface area contributed by atoms with Crippen LogP contribution >= 0.6 is 7.60 Å². The smallest absolute Gasteiger partial charge is 0.376 e. The molecule has 1 saturated carbocycles. The van der Waals surface area contributed by atoms with Gasteiger partial charge in [0.15, 0.2) is 0 Å². The lowest BCUT2D eigenvalue weighted by atomic mass is 9.98. The van der Waals surface area contributed by atoms with E-state index in [0.717, 1.165) is 36.6 Å². The predicted octanol–water partition coefficient (Wildman–Crippen LogP) is 4.65. The molecule has 1 aromatic heterocycles. The Labute approximate surface area is 135 Å². The van der Waals surface area contributed by atoms with Crippen LogP contribution in [0.2, 0.25) is 0 Å². The van der Waals surface area contributed by atoms with Crippen LogP contribution in [0, 0.1) is 6.92 Å². The van der Waals surface area contributed by atoms with Crippen molar-refractivity contribution in [1.82, 2.24) is 0 Å².